The first-order chi connectivity index (χ1) is 8.63. The molecule has 0 radical (unpaired) electrons. The van der Waals surface area contributed by atoms with Crippen molar-refractivity contribution in [3.8, 4) is 0 Å². The summed E-state index contributed by atoms with van der Waals surface area (Å²) in [6, 6.07) is 4.88. The third-order valence-electron chi connectivity index (χ3n) is 2.69. The molecule has 0 aliphatic carbocycles. The first-order valence-corrected chi connectivity index (χ1v) is 6.48. The van der Waals surface area contributed by atoms with Gasteiger partial charge in [-0.05, 0) is 30.2 Å². The van der Waals surface area contributed by atoms with Crippen LogP contribution in [0.25, 0.3) is 0 Å². The lowest BCUT2D eigenvalue weighted by atomic mass is 10.1. The maximum absolute atomic E-state index is 6.22. The Morgan fingerprint density at radius 1 is 1.39 bits per heavy atom. The molecule has 0 amide bonds. The van der Waals surface area contributed by atoms with E-state index in [1.54, 1.807) is 29.1 Å². The maximum atomic E-state index is 6.22. The van der Waals surface area contributed by atoms with Crippen molar-refractivity contribution in [2.24, 2.45) is 5.73 Å². The van der Waals surface area contributed by atoms with Crippen LogP contribution in [-0.2, 0) is 6.54 Å². The molecule has 2 rings (SSSR count). The number of halogens is 2. The summed E-state index contributed by atoms with van der Waals surface area (Å²) in [4.78, 5) is 0. The summed E-state index contributed by atoms with van der Waals surface area (Å²) in [5, 5.41) is 9.12. The van der Waals surface area contributed by atoms with E-state index < -0.39 is 0 Å². The van der Waals surface area contributed by atoms with Crippen molar-refractivity contribution in [3.63, 3.8) is 0 Å². The van der Waals surface area contributed by atoms with Gasteiger partial charge in [0, 0.05) is 16.6 Å². The Morgan fingerprint density at radius 3 is 2.89 bits per heavy atom. The van der Waals surface area contributed by atoms with Crippen LogP contribution in [0.15, 0.2) is 24.4 Å². The molecule has 0 saturated heterocycles. The van der Waals surface area contributed by atoms with E-state index >= 15 is 0 Å². The molecule has 2 aromatic rings. The summed E-state index contributed by atoms with van der Waals surface area (Å²) < 4.78 is 1.79. The van der Waals surface area contributed by atoms with Gasteiger partial charge in [0.1, 0.15) is 0 Å². The highest BCUT2D eigenvalue weighted by Gasteiger charge is 2.17. The predicted molar refractivity (Wildman–Crippen MR) is 72.8 cm³/mol. The van der Waals surface area contributed by atoms with Crippen molar-refractivity contribution in [2.75, 3.05) is 0 Å². The zero-order valence-corrected chi connectivity index (χ0v) is 11.5. The van der Waals surface area contributed by atoms with Crippen LogP contribution in [0.4, 0.5) is 0 Å². The second-order valence-electron chi connectivity index (χ2n) is 4.03. The standard InChI is InChI=1S/C12H14Cl2N4/c1-2-5-18-11(7-16-17-18)12(15)9-6-8(13)3-4-10(9)14/h3-4,6-7,12H,2,5,15H2,1H3. The van der Waals surface area contributed by atoms with Gasteiger partial charge >= 0.3 is 0 Å². The summed E-state index contributed by atoms with van der Waals surface area (Å²) >= 11 is 12.1. The second kappa shape index (κ2) is 5.69. The monoisotopic (exact) mass is 284 g/mol. The molecule has 0 spiro atoms. The fourth-order valence-corrected chi connectivity index (χ4v) is 2.22. The molecule has 1 aromatic carbocycles. The van der Waals surface area contributed by atoms with Gasteiger partial charge < -0.3 is 5.73 Å². The number of benzene rings is 1. The van der Waals surface area contributed by atoms with Crippen LogP contribution >= 0.6 is 23.2 Å². The Kier molecular flexibility index (Phi) is 4.22. The molecular weight excluding hydrogens is 271 g/mol. The van der Waals surface area contributed by atoms with Crippen LogP contribution < -0.4 is 5.73 Å². The summed E-state index contributed by atoms with van der Waals surface area (Å²) in [7, 11) is 0. The smallest absolute Gasteiger partial charge is 0.0800 e. The molecule has 1 unspecified atom stereocenters. The van der Waals surface area contributed by atoms with Gasteiger partial charge in [0.15, 0.2) is 0 Å². The average molecular weight is 285 g/mol. The minimum Gasteiger partial charge on any atom is -0.319 e. The van der Waals surface area contributed by atoms with E-state index in [4.69, 9.17) is 28.9 Å². The number of aromatic nitrogens is 3. The zero-order valence-electron chi connectivity index (χ0n) is 9.98. The fraction of sp³-hybridized carbons (Fsp3) is 0.333. The third kappa shape index (κ3) is 2.66. The van der Waals surface area contributed by atoms with Crippen LogP contribution in [0, 0.1) is 0 Å². The lowest BCUT2D eigenvalue weighted by Crippen LogP contribution is -2.18. The van der Waals surface area contributed by atoms with E-state index in [1.807, 2.05) is 0 Å². The largest absolute Gasteiger partial charge is 0.319 e. The third-order valence-corrected chi connectivity index (χ3v) is 3.27. The molecule has 6 heteroatoms. The van der Waals surface area contributed by atoms with Crippen molar-refractivity contribution in [1.29, 1.82) is 0 Å². The Labute approximate surface area is 116 Å². The summed E-state index contributed by atoms with van der Waals surface area (Å²) in [6.45, 7) is 2.85. The minimum absolute atomic E-state index is 0.377. The normalized spacial score (nSPS) is 12.7. The Morgan fingerprint density at radius 2 is 2.17 bits per heavy atom. The van der Waals surface area contributed by atoms with Gasteiger partial charge in [0.05, 0.1) is 17.9 Å². The van der Waals surface area contributed by atoms with Crippen molar-refractivity contribution >= 4 is 23.2 Å². The SMILES string of the molecule is CCCn1nncc1C(N)c1cc(Cl)ccc1Cl. The van der Waals surface area contributed by atoms with E-state index in [9.17, 15) is 0 Å². The van der Waals surface area contributed by atoms with E-state index in [-0.39, 0.29) is 6.04 Å². The van der Waals surface area contributed by atoms with Crippen molar-refractivity contribution < 1.29 is 0 Å². The van der Waals surface area contributed by atoms with Gasteiger partial charge in [-0.1, -0.05) is 35.3 Å². The van der Waals surface area contributed by atoms with E-state index in [0.717, 1.165) is 24.2 Å². The average Bonchev–Trinajstić information content (AvgIpc) is 2.80. The van der Waals surface area contributed by atoms with Crippen LogP contribution in [0.5, 0.6) is 0 Å². The quantitative estimate of drug-likeness (QED) is 0.939. The number of nitrogens with zero attached hydrogens (tertiary/aromatic N) is 3. The highest BCUT2D eigenvalue weighted by molar-refractivity contribution is 6.33. The van der Waals surface area contributed by atoms with Crippen molar-refractivity contribution in [3.05, 3.63) is 45.7 Å². The molecule has 1 heterocycles. The fourth-order valence-electron chi connectivity index (χ4n) is 1.80. The van der Waals surface area contributed by atoms with Gasteiger partial charge in [-0.15, -0.1) is 5.10 Å². The summed E-state index contributed by atoms with van der Waals surface area (Å²) in [5.74, 6) is 0. The van der Waals surface area contributed by atoms with Gasteiger partial charge in [0.2, 0.25) is 0 Å². The van der Waals surface area contributed by atoms with Gasteiger partial charge in [-0.25, -0.2) is 4.68 Å². The number of rotatable bonds is 4. The zero-order chi connectivity index (χ0) is 13.1. The molecule has 0 aliphatic heterocycles. The molecule has 0 fully saturated rings. The molecule has 4 nitrogen and oxygen atoms in total. The Bertz CT molecular complexity index is 539. The van der Waals surface area contributed by atoms with Crippen LogP contribution in [0.2, 0.25) is 10.0 Å². The van der Waals surface area contributed by atoms with Gasteiger partial charge in [0.25, 0.3) is 0 Å². The number of nitrogens with two attached hydrogens (primary N) is 1. The highest BCUT2D eigenvalue weighted by Crippen LogP contribution is 2.28. The second-order valence-corrected chi connectivity index (χ2v) is 4.87. The molecule has 96 valence electrons. The summed E-state index contributed by atoms with van der Waals surface area (Å²) in [5.41, 5.74) is 7.83. The van der Waals surface area contributed by atoms with E-state index in [1.165, 1.54) is 0 Å². The summed E-state index contributed by atoms with van der Waals surface area (Å²) in [6.07, 6.45) is 2.63. The van der Waals surface area contributed by atoms with Gasteiger partial charge in [-0.2, -0.15) is 0 Å². The maximum Gasteiger partial charge on any atom is 0.0800 e. The number of hydrogen-bond acceptors (Lipinski definition) is 3. The van der Waals surface area contributed by atoms with E-state index in [2.05, 4.69) is 17.2 Å². The molecule has 1 aromatic heterocycles. The lowest BCUT2D eigenvalue weighted by Gasteiger charge is -2.15. The Hall–Kier alpha value is -1.10. The van der Waals surface area contributed by atoms with Crippen molar-refractivity contribution in [1.82, 2.24) is 15.0 Å². The van der Waals surface area contributed by atoms with Crippen LogP contribution in [0.3, 0.4) is 0 Å². The molecule has 18 heavy (non-hydrogen) atoms. The van der Waals surface area contributed by atoms with Gasteiger partial charge in [-0.3, -0.25) is 0 Å². The van der Waals surface area contributed by atoms with Crippen molar-refractivity contribution in [2.45, 2.75) is 25.9 Å². The molecule has 2 N–H and O–H groups in total. The minimum atomic E-state index is -0.377. The topological polar surface area (TPSA) is 56.7 Å². The van der Waals surface area contributed by atoms with Crippen LogP contribution in [0.1, 0.15) is 30.6 Å². The predicted octanol–water partition coefficient (Wildman–Crippen LogP) is 3.04. The Balaban J connectivity index is 2.38. The molecule has 0 saturated carbocycles. The molecule has 1 atom stereocenters. The molecular formula is C12H14Cl2N4. The molecule has 0 bridgehead atoms. The number of aryl methyl sites for hydroxylation is 1. The number of hydrogen-bond donors (Lipinski definition) is 1. The first-order valence-electron chi connectivity index (χ1n) is 5.72. The molecule has 0 aliphatic rings. The van der Waals surface area contributed by atoms with Crippen LogP contribution in [-0.4, -0.2) is 15.0 Å². The lowest BCUT2D eigenvalue weighted by molar-refractivity contribution is 0.543. The highest BCUT2D eigenvalue weighted by atomic mass is 35.5. The first kappa shape index (κ1) is 13.3. The van der Waals surface area contributed by atoms with E-state index in [0.29, 0.717) is 10.0 Å².